The van der Waals surface area contributed by atoms with Crippen LogP contribution in [0.15, 0.2) is 34.8 Å². The molecule has 2 aromatic rings. The zero-order valence-corrected chi connectivity index (χ0v) is 14.3. The van der Waals surface area contributed by atoms with Gasteiger partial charge in [0.1, 0.15) is 11.5 Å². The van der Waals surface area contributed by atoms with Crippen molar-refractivity contribution in [3.05, 3.63) is 51.5 Å². The summed E-state index contributed by atoms with van der Waals surface area (Å²) in [5.41, 5.74) is 4.23. The molecule has 0 spiro atoms. The maximum atomic E-state index is 10.1. The third-order valence-electron chi connectivity index (χ3n) is 3.56. The van der Waals surface area contributed by atoms with Gasteiger partial charge < -0.3 is 15.2 Å². The van der Waals surface area contributed by atoms with Gasteiger partial charge in [-0.05, 0) is 62.2 Å². The van der Waals surface area contributed by atoms with Crippen LogP contribution in [0.3, 0.4) is 0 Å². The van der Waals surface area contributed by atoms with Gasteiger partial charge in [-0.2, -0.15) is 0 Å². The number of benzene rings is 2. The highest BCUT2D eigenvalue weighted by Gasteiger charge is 2.14. The summed E-state index contributed by atoms with van der Waals surface area (Å²) in [6.07, 6.45) is 0. The molecule has 0 bridgehead atoms. The summed E-state index contributed by atoms with van der Waals surface area (Å²) in [4.78, 5) is 0. The molecule has 1 unspecified atom stereocenters. The summed E-state index contributed by atoms with van der Waals surface area (Å²) in [6, 6.07) is 9.39. The van der Waals surface area contributed by atoms with E-state index in [-0.39, 0.29) is 11.8 Å². The summed E-state index contributed by atoms with van der Waals surface area (Å²) < 4.78 is 6.30. The van der Waals surface area contributed by atoms with Crippen molar-refractivity contribution in [3.8, 4) is 11.5 Å². The Hall–Kier alpha value is -1.68. The lowest BCUT2D eigenvalue weighted by Crippen LogP contribution is -2.09. The minimum Gasteiger partial charge on any atom is -0.508 e. The standard InChI is InChI=1S/C17H20BrNO2/c1-10-7-13(18)8-11(2)17(10)19-12(3)15-9-14(21-4)5-6-16(15)20/h5-9,12,19-20H,1-4H3. The van der Waals surface area contributed by atoms with E-state index in [2.05, 4.69) is 47.2 Å². The molecule has 2 rings (SSSR count). The van der Waals surface area contributed by atoms with E-state index in [1.807, 2.05) is 13.0 Å². The highest BCUT2D eigenvalue weighted by molar-refractivity contribution is 9.10. The average molecular weight is 350 g/mol. The molecule has 2 N–H and O–H groups in total. The molecule has 4 heteroatoms. The number of nitrogens with one attached hydrogen (secondary N) is 1. The number of rotatable bonds is 4. The molecule has 0 aliphatic heterocycles. The third-order valence-corrected chi connectivity index (χ3v) is 4.02. The van der Waals surface area contributed by atoms with Crippen LogP contribution in [0.25, 0.3) is 0 Å². The largest absolute Gasteiger partial charge is 0.508 e. The van der Waals surface area contributed by atoms with Crippen LogP contribution < -0.4 is 10.1 Å². The number of methoxy groups -OCH3 is 1. The van der Waals surface area contributed by atoms with Crippen LogP contribution in [0.1, 0.15) is 29.7 Å². The second kappa shape index (κ2) is 6.39. The summed E-state index contributed by atoms with van der Waals surface area (Å²) in [6.45, 7) is 6.16. The first-order valence-corrected chi connectivity index (χ1v) is 7.62. The quantitative estimate of drug-likeness (QED) is 0.820. The maximum absolute atomic E-state index is 10.1. The Labute approximate surface area is 134 Å². The van der Waals surface area contributed by atoms with E-state index >= 15 is 0 Å². The zero-order chi connectivity index (χ0) is 15.6. The van der Waals surface area contributed by atoms with E-state index in [1.54, 1.807) is 19.2 Å². The van der Waals surface area contributed by atoms with E-state index in [4.69, 9.17) is 4.74 Å². The molecule has 3 nitrogen and oxygen atoms in total. The normalized spacial score (nSPS) is 12.0. The molecule has 0 radical (unpaired) electrons. The van der Waals surface area contributed by atoms with E-state index in [1.165, 1.54) is 0 Å². The predicted molar refractivity (Wildman–Crippen MR) is 90.3 cm³/mol. The van der Waals surface area contributed by atoms with Crippen LogP contribution in [-0.4, -0.2) is 12.2 Å². The molecular weight excluding hydrogens is 330 g/mol. The molecule has 112 valence electrons. The topological polar surface area (TPSA) is 41.5 Å². The number of phenolic OH excluding ortho intramolecular Hbond substituents is 1. The van der Waals surface area contributed by atoms with Gasteiger partial charge in [-0.25, -0.2) is 0 Å². The highest BCUT2D eigenvalue weighted by Crippen LogP contribution is 2.33. The molecular formula is C17H20BrNO2. The Kier molecular flexibility index (Phi) is 4.78. The van der Waals surface area contributed by atoms with Crippen molar-refractivity contribution in [3.63, 3.8) is 0 Å². The molecule has 0 aromatic heterocycles. The molecule has 0 fully saturated rings. The second-order valence-corrected chi connectivity index (χ2v) is 6.12. The molecule has 0 heterocycles. The number of aryl methyl sites for hydroxylation is 2. The van der Waals surface area contributed by atoms with Crippen molar-refractivity contribution in [1.82, 2.24) is 0 Å². The van der Waals surface area contributed by atoms with Crippen LogP contribution in [0.2, 0.25) is 0 Å². The Morgan fingerprint density at radius 1 is 1.14 bits per heavy atom. The monoisotopic (exact) mass is 349 g/mol. The van der Waals surface area contributed by atoms with Gasteiger partial charge in [-0.1, -0.05) is 15.9 Å². The van der Waals surface area contributed by atoms with Crippen LogP contribution in [0, 0.1) is 13.8 Å². The van der Waals surface area contributed by atoms with E-state index in [0.717, 1.165) is 32.6 Å². The van der Waals surface area contributed by atoms with Gasteiger partial charge in [-0.3, -0.25) is 0 Å². The molecule has 0 saturated carbocycles. The lowest BCUT2D eigenvalue weighted by molar-refractivity contribution is 0.410. The molecule has 21 heavy (non-hydrogen) atoms. The Morgan fingerprint density at radius 2 is 1.76 bits per heavy atom. The van der Waals surface area contributed by atoms with Gasteiger partial charge in [0.25, 0.3) is 0 Å². The first kappa shape index (κ1) is 15.7. The van der Waals surface area contributed by atoms with Gasteiger partial charge in [-0.15, -0.1) is 0 Å². The smallest absolute Gasteiger partial charge is 0.121 e. The summed E-state index contributed by atoms with van der Waals surface area (Å²) in [7, 11) is 1.62. The Balaban J connectivity index is 2.32. The molecule has 0 aliphatic carbocycles. The number of halogens is 1. The fourth-order valence-corrected chi connectivity index (χ4v) is 3.13. The van der Waals surface area contributed by atoms with Gasteiger partial charge >= 0.3 is 0 Å². The molecule has 0 amide bonds. The summed E-state index contributed by atoms with van der Waals surface area (Å²) in [5.74, 6) is 1.00. The van der Waals surface area contributed by atoms with Gasteiger partial charge in [0.05, 0.1) is 13.2 Å². The van der Waals surface area contributed by atoms with Crippen LogP contribution in [0.4, 0.5) is 5.69 Å². The number of hydrogen-bond acceptors (Lipinski definition) is 3. The van der Waals surface area contributed by atoms with E-state index in [9.17, 15) is 5.11 Å². The minimum absolute atomic E-state index is 0.0290. The van der Waals surface area contributed by atoms with Gasteiger partial charge in [0.15, 0.2) is 0 Å². The first-order valence-electron chi connectivity index (χ1n) is 6.82. The molecule has 2 aromatic carbocycles. The summed E-state index contributed by atoms with van der Waals surface area (Å²) in [5, 5.41) is 13.5. The number of phenols is 1. The van der Waals surface area contributed by atoms with Gasteiger partial charge in [0, 0.05) is 15.7 Å². The van der Waals surface area contributed by atoms with Crippen molar-refractivity contribution in [2.45, 2.75) is 26.8 Å². The Morgan fingerprint density at radius 3 is 2.33 bits per heavy atom. The zero-order valence-electron chi connectivity index (χ0n) is 12.7. The minimum atomic E-state index is -0.0290. The van der Waals surface area contributed by atoms with E-state index < -0.39 is 0 Å². The van der Waals surface area contributed by atoms with Crippen molar-refractivity contribution >= 4 is 21.6 Å². The van der Waals surface area contributed by atoms with Gasteiger partial charge in [0.2, 0.25) is 0 Å². The van der Waals surface area contributed by atoms with Crippen LogP contribution in [-0.2, 0) is 0 Å². The molecule has 1 atom stereocenters. The number of aromatic hydroxyl groups is 1. The highest BCUT2D eigenvalue weighted by atomic mass is 79.9. The van der Waals surface area contributed by atoms with E-state index in [0.29, 0.717) is 0 Å². The lowest BCUT2D eigenvalue weighted by Gasteiger charge is -2.21. The number of hydrogen-bond donors (Lipinski definition) is 2. The molecule has 0 aliphatic rings. The third kappa shape index (κ3) is 3.50. The molecule has 0 saturated heterocycles. The van der Waals surface area contributed by atoms with Crippen LogP contribution >= 0.6 is 15.9 Å². The lowest BCUT2D eigenvalue weighted by atomic mass is 10.0. The summed E-state index contributed by atoms with van der Waals surface area (Å²) >= 11 is 3.50. The SMILES string of the molecule is COc1ccc(O)c(C(C)Nc2c(C)cc(Br)cc2C)c1. The number of ether oxygens (including phenoxy) is 1. The second-order valence-electron chi connectivity index (χ2n) is 5.21. The maximum Gasteiger partial charge on any atom is 0.121 e. The van der Waals surface area contributed by atoms with Crippen molar-refractivity contribution in [2.75, 3.05) is 12.4 Å². The van der Waals surface area contributed by atoms with Crippen molar-refractivity contribution in [1.29, 1.82) is 0 Å². The van der Waals surface area contributed by atoms with Crippen molar-refractivity contribution in [2.24, 2.45) is 0 Å². The fourth-order valence-electron chi connectivity index (χ4n) is 2.44. The predicted octanol–water partition coefficient (Wildman–Crippen LogP) is 4.95. The first-order chi connectivity index (χ1) is 9.92. The Bertz CT molecular complexity index is 632. The van der Waals surface area contributed by atoms with Crippen molar-refractivity contribution < 1.29 is 9.84 Å². The van der Waals surface area contributed by atoms with Crippen LogP contribution in [0.5, 0.6) is 11.5 Å². The number of anilines is 1. The average Bonchev–Trinajstić information content (AvgIpc) is 2.43. The fraction of sp³-hybridized carbons (Fsp3) is 0.294.